The minimum atomic E-state index is 0.839. The largest absolute Gasteiger partial charge is 0.496 e. The van der Waals surface area contributed by atoms with Crippen LogP contribution in [0.15, 0.2) is 65.8 Å². The summed E-state index contributed by atoms with van der Waals surface area (Å²) in [5, 5.41) is 14.1. The maximum atomic E-state index is 8.80. The Bertz CT molecular complexity index is 809. The van der Waals surface area contributed by atoms with E-state index in [4.69, 9.17) is 9.94 Å². The molecular weight excluding hydrogens is 262 g/mol. The minimum Gasteiger partial charge on any atom is -0.496 e. The van der Waals surface area contributed by atoms with Crippen LogP contribution < -0.4 is 4.74 Å². The summed E-state index contributed by atoms with van der Waals surface area (Å²) in [5.41, 5.74) is 3.02. The van der Waals surface area contributed by atoms with E-state index in [0.717, 1.165) is 33.2 Å². The molecule has 0 aromatic heterocycles. The first kappa shape index (κ1) is 13.2. The Morgan fingerprint density at radius 1 is 0.857 bits per heavy atom. The van der Waals surface area contributed by atoms with E-state index in [1.807, 2.05) is 54.6 Å². The van der Waals surface area contributed by atoms with E-state index in [1.54, 1.807) is 7.11 Å². The molecule has 0 aliphatic carbocycles. The molecule has 3 aromatic rings. The van der Waals surface area contributed by atoms with Gasteiger partial charge in [-0.1, -0.05) is 59.8 Å². The van der Waals surface area contributed by atoms with Gasteiger partial charge in [-0.05, 0) is 22.4 Å². The van der Waals surface area contributed by atoms with Gasteiger partial charge in [0.05, 0.1) is 13.3 Å². The monoisotopic (exact) mass is 277 g/mol. The van der Waals surface area contributed by atoms with Gasteiger partial charge in [0.25, 0.3) is 0 Å². The van der Waals surface area contributed by atoms with Crippen LogP contribution in [0, 0.1) is 0 Å². The van der Waals surface area contributed by atoms with Crippen LogP contribution in [0.4, 0.5) is 0 Å². The average molecular weight is 277 g/mol. The fraction of sp³-hybridized carbons (Fsp3) is 0.0556. The highest BCUT2D eigenvalue weighted by atomic mass is 16.5. The van der Waals surface area contributed by atoms with Crippen molar-refractivity contribution < 1.29 is 9.94 Å². The number of hydrogen-bond donors (Lipinski definition) is 1. The van der Waals surface area contributed by atoms with Crippen molar-refractivity contribution >= 4 is 17.0 Å². The van der Waals surface area contributed by atoms with Gasteiger partial charge >= 0.3 is 0 Å². The summed E-state index contributed by atoms with van der Waals surface area (Å²) in [7, 11) is 1.67. The third-order valence-corrected chi connectivity index (χ3v) is 3.55. The van der Waals surface area contributed by atoms with Gasteiger partial charge in [-0.3, -0.25) is 0 Å². The van der Waals surface area contributed by atoms with Gasteiger partial charge in [0.15, 0.2) is 0 Å². The standard InChI is InChI=1S/C18H15NO2/c1-21-18-9-5-4-8-17(18)16-11-10-13(12-19-20)14-6-2-3-7-15(14)16/h2-12,20H,1H3. The van der Waals surface area contributed by atoms with Crippen LogP contribution in [-0.2, 0) is 0 Å². The first-order valence-electron chi connectivity index (χ1n) is 6.67. The lowest BCUT2D eigenvalue weighted by Gasteiger charge is -2.12. The zero-order valence-electron chi connectivity index (χ0n) is 11.7. The summed E-state index contributed by atoms with van der Waals surface area (Å²) < 4.78 is 5.46. The van der Waals surface area contributed by atoms with E-state index < -0.39 is 0 Å². The van der Waals surface area contributed by atoms with Gasteiger partial charge in [-0.25, -0.2) is 0 Å². The number of benzene rings is 3. The second kappa shape index (κ2) is 5.67. The van der Waals surface area contributed by atoms with Gasteiger partial charge < -0.3 is 9.94 Å². The maximum Gasteiger partial charge on any atom is 0.126 e. The molecular formula is C18H15NO2. The molecule has 0 saturated carbocycles. The molecule has 0 spiro atoms. The van der Waals surface area contributed by atoms with Crippen molar-refractivity contribution in [3.63, 3.8) is 0 Å². The molecule has 3 heteroatoms. The fourth-order valence-corrected chi connectivity index (χ4v) is 2.60. The maximum absolute atomic E-state index is 8.80. The van der Waals surface area contributed by atoms with Crippen molar-refractivity contribution in [1.29, 1.82) is 0 Å². The van der Waals surface area contributed by atoms with Crippen LogP contribution >= 0.6 is 0 Å². The Kier molecular flexibility index (Phi) is 3.56. The second-order valence-electron chi connectivity index (χ2n) is 4.69. The first-order valence-corrected chi connectivity index (χ1v) is 6.67. The SMILES string of the molecule is COc1ccccc1-c1ccc(C=NO)c2ccccc12. The van der Waals surface area contributed by atoms with Crippen LogP contribution in [0.1, 0.15) is 5.56 Å². The van der Waals surface area contributed by atoms with Gasteiger partial charge in [0.1, 0.15) is 5.75 Å². The molecule has 0 unspecified atom stereocenters. The third kappa shape index (κ3) is 2.34. The predicted molar refractivity (Wildman–Crippen MR) is 85.3 cm³/mol. The van der Waals surface area contributed by atoms with E-state index in [9.17, 15) is 0 Å². The Morgan fingerprint density at radius 2 is 1.57 bits per heavy atom. The van der Waals surface area contributed by atoms with E-state index in [1.165, 1.54) is 6.21 Å². The minimum absolute atomic E-state index is 0.839. The normalized spacial score (nSPS) is 11.1. The topological polar surface area (TPSA) is 41.8 Å². The van der Waals surface area contributed by atoms with Crippen LogP contribution in [0.2, 0.25) is 0 Å². The number of nitrogens with zero attached hydrogens (tertiary/aromatic N) is 1. The molecule has 0 amide bonds. The lowest BCUT2D eigenvalue weighted by Crippen LogP contribution is -1.91. The molecule has 1 N–H and O–H groups in total. The van der Waals surface area contributed by atoms with Crippen LogP contribution in [0.25, 0.3) is 21.9 Å². The predicted octanol–water partition coefficient (Wildman–Crippen LogP) is 4.32. The molecule has 3 aromatic carbocycles. The smallest absolute Gasteiger partial charge is 0.126 e. The van der Waals surface area contributed by atoms with Gasteiger partial charge in [0.2, 0.25) is 0 Å². The van der Waals surface area contributed by atoms with Crippen LogP contribution in [0.3, 0.4) is 0 Å². The summed E-state index contributed by atoms with van der Waals surface area (Å²) in [4.78, 5) is 0. The summed E-state index contributed by atoms with van der Waals surface area (Å²) >= 11 is 0. The lowest BCUT2D eigenvalue weighted by molar-refractivity contribution is 0.322. The molecule has 21 heavy (non-hydrogen) atoms. The molecule has 0 bridgehead atoms. The average Bonchev–Trinajstić information content (AvgIpc) is 2.55. The quantitative estimate of drug-likeness (QED) is 0.440. The summed E-state index contributed by atoms with van der Waals surface area (Å²) in [6.45, 7) is 0. The molecule has 0 radical (unpaired) electrons. The number of rotatable bonds is 3. The summed E-state index contributed by atoms with van der Waals surface area (Å²) in [6.07, 6.45) is 1.45. The number of fused-ring (bicyclic) bond motifs is 1. The van der Waals surface area contributed by atoms with Gasteiger partial charge in [0, 0.05) is 11.1 Å². The first-order chi connectivity index (χ1) is 10.3. The number of para-hydroxylation sites is 1. The molecule has 3 rings (SSSR count). The Morgan fingerprint density at radius 3 is 2.33 bits per heavy atom. The number of ether oxygens (including phenoxy) is 1. The molecule has 0 aliphatic rings. The van der Waals surface area contributed by atoms with E-state index >= 15 is 0 Å². The van der Waals surface area contributed by atoms with Crippen LogP contribution in [0.5, 0.6) is 5.75 Å². The molecule has 0 aliphatic heterocycles. The second-order valence-corrected chi connectivity index (χ2v) is 4.69. The van der Waals surface area contributed by atoms with E-state index in [2.05, 4.69) is 11.2 Å². The van der Waals surface area contributed by atoms with Crippen molar-refractivity contribution in [3.05, 3.63) is 66.2 Å². The lowest BCUT2D eigenvalue weighted by atomic mass is 9.95. The summed E-state index contributed by atoms with van der Waals surface area (Å²) in [5.74, 6) is 0.839. The van der Waals surface area contributed by atoms with Gasteiger partial charge in [-0.2, -0.15) is 0 Å². The molecule has 0 saturated heterocycles. The van der Waals surface area contributed by atoms with Gasteiger partial charge in [-0.15, -0.1) is 0 Å². The molecule has 3 nitrogen and oxygen atoms in total. The summed E-state index contributed by atoms with van der Waals surface area (Å²) in [6, 6.07) is 20.0. The zero-order chi connectivity index (χ0) is 14.7. The van der Waals surface area contributed by atoms with Crippen LogP contribution in [-0.4, -0.2) is 18.5 Å². The highest BCUT2D eigenvalue weighted by Gasteiger charge is 2.10. The Hall–Kier alpha value is -2.81. The molecule has 0 atom stereocenters. The van der Waals surface area contributed by atoms with Crippen molar-refractivity contribution in [2.75, 3.05) is 7.11 Å². The number of hydrogen-bond acceptors (Lipinski definition) is 3. The fourth-order valence-electron chi connectivity index (χ4n) is 2.60. The highest BCUT2D eigenvalue weighted by molar-refractivity contribution is 6.06. The number of methoxy groups -OCH3 is 1. The van der Waals surface area contributed by atoms with Crippen molar-refractivity contribution in [2.24, 2.45) is 5.16 Å². The van der Waals surface area contributed by atoms with Crippen molar-refractivity contribution in [1.82, 2.24) is 0 Å². The van der Waals surface area contributed by atoms with E-state index in [-0.39, 0.29) is 0 Å². The highest BCUT2D eigenvalue weighted by Crippen LogP contribution is 2.35. The zero-order valence-corrected chi connectivity index (χ0v) is 11.7. The van der Waals surface area contributed by atoms with E-state index in [0.29, 0.717) is 0 Å². The molecule has 104 valence electrons. The Balaban J connectivity index is 2.32. The molecule has 0 fully saturated rings. The third-order valence-electron chi connectivity index (χ3n) is 3.55. The van der Waals surface area contributed by atoms with Crippen molar-refractivity contribution in [2.45, 2.75) is 0 Å². The van der Waals surface area contributed by atoms with Crippen molar-refractivity contribution in [3.8, 4) is 16.9 Å². The molecule has 0 heterocycles. The Labute approximate surface area is 123 Å². The number of oxime groups is 1.